The second kappa shape index (κ2) is 3.23. The summed E-state index contributed by atoms with van der Waals surface area (Å²) in [7, 11) is 1.67. The van der Waals surface area contributed by atoms with Crippen LogP contribution in [0.3, 0.4) is 0 Å². The number of hydrogen-bond donors (Lipinski definition) is 5. The Labute approximate surface area is 47.9 Å². The van der Waals surface area contributed by atoms with Crippen LogP contribution in [0.15, 0.2) is 0 Å². The summed E-state index contributed by atoms with van der Waals surface area (Å²) in [6.45, 7) is 0. The first kappa shape index (κ1) is 7.19. The van der Waals surface area contributed by atoms with Crippen LogP contribution in [-0.2, 0) is 0 Å². The van der Waals surface area contributed by atoms with Gasteiger partial charge in [-0.15, -0.1) is 0 Å². The van der Waals surface area contributed by atoms with E-state index in [0.29, 0.717) is 0 Å². The van der Waals surface area contributed by atoms with Crippen molar-refractivity contribution in [2.24, 2.45) is 11.5 Å². The lowest BCUT2D eigenvalue weighted by Gasteiger charge is -2.10. The van der Waals surface area contributed by atoms with Gasteiger partial charge in [0.1, 0.15) is 6.29 Å². The first-order chi connectivity index (χ1) is 3.66. The van der Waals surface area contributed by atoms with Crippen molar-refractivity contribution in [3.63, 3.8) is 0 Å². The lowest BCUT2D eigenvalue weighted by Crippen LogP contribution is -2.52. The van der Waals surface area contributed by atoms with Crippen LogP contribution < -0.4 is 22.1 Å². The quantitative estimate of drug-likeness (QED) is 0.163. The van der Waals surface area contributed by atoms with Crippen LogP contribution in [0.25, 0.3) is 0 Å². The van der Waals surface area contributed by atoms with Crippen molar-refractivity contribution in [1.29, 1.82) is 5.41 Å². The third-order valence-corrected chi connectivity index (χ3v) is 0.622. The summed E-state index contributed by atoms with van der Waals surface area (Å²) < 4.78 is 0. The molecule has 1 atom stereocenters. The van der Waals surface area contributed by atoms with E-state index in [0.717, 1.165) is 0 Å². The highest BCUT2D eigenvalue weighted by atomic mass is 15.2. The second-order valence-corrected chi connectivity index (χ2v) is 1.32. The maximum Gasteiger partial charge on any atom is 0.187 e. The molecule has 5 heteroatoms. The minimum atomic E-state index is -0.424. The molecule has 0 rings (SSSR count). The maximum atomic E-state index is 6.67. The average molecular weight is 117 g/mol. The van der Waals surface area contributed by atoms with Crippen LogP contribution >= 0.6 is 0 Å². The molecule has 0 amide bonds. The molecule has 0 spiro atoms. The van der Waals surface area contributed by atoms with Crippen LogP contribution in [0.2, 0.25) is 0 Å². The molecule has 0 aromatic carbocycles. The highest BCUT2D eigenvalue weighted by molar-refractivity contribution is 5.74. The Balaban J connectivity index is 3.24. The van der Waals surface area contributed by atoms with Crippen molar-refractivity contribution >= 4 is 5.96 Å². The molecule has 0 bridgehead atoms. The summed E-state index contributed by atoms with van der Waals surface area (Å²) in [6, 6.07) is 0. The summed E-state index contributed by atoms with van der Waals surface area (Å²) >= 11 is 0. The highest BCUT2D eigenvalue weighted by Gasteiger charge is 1.93. The molecule has 0 aromatic rings. The summed E-state index contributed by atoms with van der Waals surface area (Å²) in [4.78, 5) is 0. The Kier molecular flexibility index (Phi) is 2.90. The van der Waals surface area contributed by atoms with Gasteiger partial charge in [-0.25, -0.2) is 0 Å². The fraction of sp³-hybridized carbons (Fsp3) is 0.667. The fourth-order valence-corrected chi connectivity index (χ4v) is 0.240. The van der Waals surface area contributed by atoms with Crippen molar-refractivity contribution in [2.45, 2.75) is 6.29 Å². The Morgan fingerprint density at radius 3 is 2.38 bits per heavy atom. The van der Waals surface area contributed by atoms with E-state index >= 15 is 0 Å². The minimum Gasteiger partial charge on any atom is -0.370 e. The van der Waals surface area contributed by atoms with Crippen LogP contribution in [-0.4, -0.2) is 19.3 Å². The third kappa shape index (κ3) is 3.38. The molecular formula is C3H11N5. The van der Waals surface area contributed by atoms with Gasteiger partial charge in [-0.3, -0.25) is 16.5 Å². The number of guanidine groups is 1. The van der Waals surface area contributed by atoms with Crippen molar-refractivity contribution in [3.05, 3.63) is 0 Å². The van der Waals surface area contributed by atoms with E-state index in [1.165, 1.54) is 0 Å². The zero-order chi connectivity index (χ0) is 6.57. The van der Waals surface area contributed by atoms with Crippen LogP contribution in [0, 0.1) is 5.41 Å². The Hall–Kier alpha value is -0.810. The molecule has 0 aliphatic heterocycles. The van der Waals surface area contributed by atoms with Gasteiger partial charge in [-0.05, 0) is 7.05 Å². The van der Waals surface area contributed by atoms with E-state index in [4.69, 9.17) is 16.9 Å². The molecular weight excluding hydrogens is 106 g/mol. The minimum absolute atomic E-state index is 0.133. The molecule has 5 nitrogen and oxygen atoms in total. The van der Waals surface area contributed by atoms with Crippen LogP contribution in [0.4, 0.5) is 0 Å². The Morgan fingerprint density at radius 1 is 1.75 bits per heavy atom. The van der Waals surface area contributed by atoms with Gasteiger partial charge in [-0.2, -0.15) is 0 Å². The standard InChI is InChI=1S/C3H11N5/c1-7-3(6)8-2(4)5/h3,7H,6H2,1H3,(H4,4,5,8). The van der Waals surface area contributed by atoms with Crippen LogP contribution in [0.5, 0.6) is 0 Å². The van der Waals surface area contributed by atoms with E-state index in [9.17, 15) is 0 Å². The van der Waals surface area contributed by atoms with Gasteiger partial charge < -0.3 is 11.1 Å². The molecule has 48 valence electrons. The molecule has 0 aliphatic rings. The topological polar surface area (TPSA) is 100.0 Å². The van der Waals surface area contributed by atoms with E-state index in [1.807, 2.05) is 0 Å². The van der Waals surface area contributed by atoms with Gasteiger partial charge in [0.2, 0.25) is 0 Å². The second-order valence-electron chi connectivity index (χ2n) is 1.32. The lowest BCUT2D eigenvalue weighted by molar-refractivity contribution is 0.548. The van der Waals surface area contributed by atoms with Gasteiger partial charge in [0, 0.05) is 0 Å². The number of rotatable bonds is 2. The number of nitrogens with one attached hydrogen (secondary N) is 3. The monoisotopic (exact) mass is 117 g/mol. The van der Waals surface area contributed by atoms with Crippen molar-refractivity contribution in [2.75, 3.05) is 7.05 Å². The van der Waals surface area contributed by atoms with E-state index in [-0.39, 0.29) is 5.96 Å². The predicted molar refractivity (Wildman–Crippen MR) is 32.1 cm³/mol. The molecule has 7 N–H and O–H groups in total. The van der Waals surface area contributed by atoms with Gasteiger partial charge in [0.05, 0.1) is 0 Å². The summed E-state index contributed by atoms with van der Waals surface area (Å²) in [6.07, 6.45) is -0.424. The molecule has 0 heterocycles. The molecule has 0 saturated heterocycles. The third-order valence-electron chi connectivity index (χ3n) is 0.622. The van der Waals surface area contributed by atoms with Gasteiger partial charge in [0.25, 0.3) is 0 Å². The summed E-state index contributed by atoms with van der Waals surface area (Å²) in [5.74, 6) is -0.133. The molecule has 0 aromatic heterocycles. The van der Waals surface area contributed by atoms with Crippen LogP contribution in [0.1, 0.15) is 0 Å². The Bertz CT molecular complexity index is 79.7. The van der Waals surface area contributed by atoms with E-state index < -0.39 is 6.29 Å². The summed E-state index contributed by atoms with van der Waals surface area (Å²) in [5.41, 5.74) is 10.2. The zero-order valence-electron chi connectivity index (χ0n) is 4.73. The van der Waals surface area contributed by atoms with Gasteiger partial charge in [-0.1, -0.05) is 0 Å². The number of hydrogen-bond acceptors (Lipinski definition) is 3. The molecule has 0 fully saturated rings. The normalized spacial score (nSPS) is 12.8. The molecule has 0 aliphatic carbocycles. The first-order valence-corrected chi connectivity index (χ1v) is 2.20. The van der Waals surface area contributed by atoms with Crippen molar-refractivity contribution in [1.82, 2.24) is 10.6 Å². The SMILES string of the molecule is CNC(N)NC(=N)N. The molecule has 0 saturated carbocycles. The predicted octanol–water partition coefficient (Wildman–Crippen LogP) is -2.07. The smallest absolute Gasteiger partial charge is 0.187 e. The number of nitrogens with two attached hydrogens (primary N) is 2. The lowest BCUT2D eigenvalue weighted by atomic mass is 10.8. The highest BCUT2D eigenvalue weighted by Crippen LogP contribution is 1.54. The van der Waals surface area contributed by atoms with Gasteiger partial charge >= 0.3 is 0 Å². The van der Waals surface area contributed by atoms with Crippen molar-refractivity contribution in [3.8, 4) is 0 Å². The molecule has 0 radical (unpaired) electrons. The molecule has 8 heavy (non-hydrogen) atoms. The average Bonchev–Trinajstić information content (AvgIpc) is 1.65. The fourth-order valence-electron chi connectivity index (χ4n) is 0.240. The largest absolute Gasteiger partial charge is 0.370 e. The maximum absolute atomic E-state index is 6.67. The first-order valence-electron chi connectivity index (χ1n) is 2.20. The van der Waals surface area contributed by atoms with E-state index in [2.05, 4.69) is 10.6 Å². The Morgan fingerprint density at radius 2 is 2.25 bits per heavy atom. The van der Waals surface area contributed by atoms with Gasteiger partial charge in [0.15, 0.2) is 5.96 Å². The summed E-state index contributed by atoms with van der Waals surface area (Å²) in [5, 5.41) is 11.7. The van der Waals surface area contributed by atoms with Crippen molar-refractivity contribution < 1.29 is 0 Å². The zero-order valence-corrected chi connectivity index (χ0v) is 4.73. The van der Waals surface area contributed by atoms with E-state index in [1.54, 1.807) is 7.05 Å². The molecule has 1 unspecified atom stereocenters.